The highest BCUT2D eigenvalue weighted by Gasteiger charge is 2.06. The SMILES string of the molecule is C=C(C)OC(C)C(C)C. The molecule has 0 aromatic heterocycles. The maximum Gasteiger partial charge on any atom is 0.0976 e. The van der Waals surface area contributed by atoms with Gasteiger partial charge in [-0.2, -0.15) is 0 Å². The molecule has 0 radical (unpaired) electrons. The van der Waals surface area contributed by atoms with E-state index in [4.69, 9.17) is 4.74 Å². The normalized spacial score (nSPS) is 13.4. The highest BCUT2D eigenvalue weighted by molar-refractivity contribution is 4.76. The van der Waals surface area contributed by atoms with Gasteiger partial charge in [0.05, 0.1) is 11.9 Å². The molecule has 0 heterocycles. The lowest BCUT2D eigenvalue weighted by molar-refractivity contribution is 0.0948. The fourth-order valence-corrected chi connectivity index (χ4v) is 0.453. The Bertz CT molecular complexity index is 94.7. The molecule has 0 saturated carbocycles. The van der Waals surface area contributed by atoms with Crippen LogP contribution in [0.4, 0.5) is 0 Å². The molecule has 1 heteroatoms. The monoisotopic (exact) mass is 128 g/mol. The molecule has 0 spiro atoms. The molecule has 0 bridgehead atoms. The minimum Gasteiger partial charge on any atom is -0.496 e. The van der Waals surface area contributed by atoms with E-state index in [0.29, 0.717) is 12.0 Å². The second-order valence-electron chi connectivity index (χ2n) is 2.77. The van der Waals surface area contributed by atoms with Crippen LogP contribution in [0, 0.1) is 5.92 Å². The first kappa shape index (κ1) is 8.54. The summed E-state index contributed by atoms with van der Waals surface area (Å²) in [6.07, 6.45) is 0.294. The molecular weight excluding hydrogens is 112 g/mol. The molecule has 9 heavy (non-hydrogen) atoms. The summed E-state index contributed by atoms with van der Waals surface area (Å²) >= 11 is 0. The number of allylic oxidation sites excluding steroid dienone is 1. The van der Waals surface area contributed by atoms with Crippen molar-refractivity contribution < 1.29 is 4.74 Å². The smallest absolute Gasteiger partial charge is 0.0976 e. The van der Waals surface area contributed by atoms with E-state index in [9.17, 15) is 0 Å². The molecule has 1 unspecified atom stereocenters. The van der Waals surface area contributed by atoms with Crippen LogP contribution in [0.2, 0.25) is 0 Å². The molecule has 1 atom stereocenters. The number of hydrogen-bond acceptors (Lipinski definition) is 1. The van der Waals surface area contributed by atoms with Crippen LogP contribution in [-0.4, -0.2) is 6.10 Å². The van der Waals surface area contributed by atoms with Gasteiger partial charge in [-0.15, -0.1) is 0 Å². The molecule has 0 aromatic rings. The van der Waals surface area contributed by atoms with Crippen LogP contribution in [0.25, 0.3) is 0 Å². The Morgan fingerprint density at radius 3 is 1.89 bits per heavy atom. The summed E-state index contributed by atoms with van der Waals surface area (Å²) in [6, 6.07) is 0. The van der Waals surface area contributed by atoms with E-state index >= 15 is 0 Å². The average Bonchev–Trinajstić information content (AvgIpc) is 1.63. The van der Waals surface area contributed by atoms with E-state index in [1.54, 1.807) is 0 Å². The van der Waals surface area contributed by atoms with Crippen LogP contribution in [0.3, 0.4) is 0 Å². The molecule has 0 amide bonds. The third-order valence-corrected chi connectivity index (χ3v) is 1.33. The molecule has 1 nitrogen and oxygen atoms in total. The minimum absolute atomic E-state index is 0.294. The van der Waals surface area contributed by atoms with Gasteiger partial charge >= 0.3 is 0 Å². The fraction of sp³-hybridized carbons (Fsp3) is 0.750. The summed E-state index contributed by atoms with van der Waals surface area (Å²) in [5.74, 6) is 1.37. The Morgan fingerprint density at radius 1 is 1.33 bits per heavy atom. The average molecular weight is 128 g/mol. The van der Waals surface area contributed by atoms with Crippen LogP contribution < -0.4 is 0 Å². The van der Waals surface area contributed by atoms with Crippen molar-refractivity contribution in [1.29, 1.82) is 0 Å². The Labute approximate surface area is 57.7 Å². The van der Waals surface area contributed by atoms with Crippen LogP contribution in [0.15, 0.2) is 12.3 Å². The zero-order chi connectivity index (χ0) is 7.44. The van der Waals surface area contributed by atoms with Gasteiger partial charge in [0.15, 0.2) is 0 Å². The molecule has 0 aliphatic heterocycles. The Kier molecular flexibility index (Phi) is 3.36. The van der Waals surface area contributed by atoms with E-state index in [1.807, 2.05) is 6.92 Å². The zero-order valence-corrected chi connectivity index (χ0v) is 6.77. The Hall–Kier alpha value is -0.460. The van der Waals surface area contributed by atoms with Crippen molar-refractivity contribution in [2.75, 3.05) is 0 Å². The lowest BCUT2D eigenvalue weighted by Gasteiger charge is -2.17. The molecular formula is C8H16O. The summed E-state index contributed by atoms with van der Waals surface area (Å²) < 4.78 is 5.32. The highest BCUT2D eigenvalue weighted by atomic mass is 16.5. The van der Waals surface area contributed by atoms with Crippen molar-refractivity contribution in [2.24, 2.45) is 5.92 Å². The van der Waals surface area contributed by atoms with Crippen LogP contribution >= 0.6 is 0 Å². The number of rotatable bonds is 3. The second-order valence-corrected chi connectivity index (χ2v) is 2.77. The highest BCUT2D eigenvalue weighted by Crippen LogP contribution is 2.08. The summed E-state index contributed by atoms with van der Waals surface area (Å²) in [4.78, 5) is 0. The van der Waals surface area contributed by atoms with Gasteiger partial charge in [-0.3, -0.25) is 0 Å². The summed E-state index contributed by atoms with van der Waals surface area (Å²) in [5, 5.41) is 0. The van der Waals surface area contributed by atoms with Gasteiger partial charge in [0, 0.05) is 0 Å². The van der Waals surface area contributed by atoms with Gasteiger partial charge < -0.3 is 4.74 Å². The van der Waals surface area contributed by atoms with Crippen molar-refractivity contribution >= 4 is 0 Å². The van der Waals surface area contributed by atoms with Crippen LogP contribution in [0.5, 0.6) is 0 Å². The number of hydrogen-bond donors (Lipinski definition) is 0. The molecule has 0 N–H and O–H groups in total. The van der Waals surface area contributed by atoms with Gasteiger partial charge in [0.2, 0.25) is 0 Å². The van der Waals surface area contributed by atoms with E-state index in [-0.39, 0.29) is 0 Å². The molecule has 0 rings (SSSR count). The Balaban J connectivity index is 3.50. The third-order valence-electron chi connectivity index (χ3n) is 1.33. The van der Waals surface area contributed by atoms with Crippen LogP contribution in [-0.2, 0) is 4.74 Å². The standard InChI is InChI=1S/C8H16O/c1-6(2)8(5)9-7(3)4/h6,8H,3H2,1-2,4-5H3. The van der Waals surface area contributed by atoms with Crippen molar-refractivity contribution in [2.45, 2.75) is 33.8 Å². The van der Waals surface area contributed by atoms with E-state index in [1.165, 1.54) is 0 Å². The molecule has 0 aliphatic carbocycles. The van der Waals surface area contributed by atoms with Crippen molar-refractivity contribution in [3.63, 3.8) is 0 Å². The lowest BCUT2D eigenvalue weighted by Crippen LogP contribution is -2.13. The maximum atomic E-state index is 5.32. The third kappa shape index (κ3) is 4.07. The summed E-state index contributed by atoms with van der Waals surface area (Å²) in [5.41, 5.74) is 0. The fourth-order valence-electron chi connectivity index (χ4n) is 0.453. The summed E-state index contributed by atoms with van der Waals surface area (Å²) in [7, 11) is 0. The van der Waals surface area contributed by atoms with E-state index in [2.05, 4.69) is 27.4 Å². The van der Waals surface area contributed by atoms with Gasteiger partial charge in [0.1, 0.15) is 0 Å². The second kappa shape index (κ2) is 3.54. The first-order chi connectivity index (χ1) is 4.04. The van der Waals surface area contributed by atoms with Gasteiger partial charge in [-0.1, -0.05) is 20.4 Å². The Morgan fingerprint density at radius 2 is 1.78 bits per heavy atom. The summed E-state index contributed by atoms with van der Waals surface area (Å²) in [6.45, 7) is 11.8. The molecule has 54 valence electrons. The number of ether oxygens (including phenoxy) is 1. The molecule has 0 fully saturated rings. The topological polar surface area (TPSA) is 9.23 Å². The van der Waals surface area contributed by atoms with Crippen molar-refractivity contribution in [1.82, 2.24) is 0 Å². The zero-order valence-electron chi connectivity index (χ0n) is 6.77. The predicted molar refractivity (Wildman–Crippen MR) is 40.2 cm³/mol. The molecule has 0 aliphatic rings. The van der Waals surface area contributed by atoms with Crippen molar-refractivity contribution in [3.05, 3.63) is 12.3 Å². The molecule has 0 saturated heterocycles. The predicted octanol–water partition coefficient (Wildman–Crippen LogP) is 2.58. The maximum absolute atomic E-state index is 5.32. The first-order valence-electron chi connectivity index (χ1n) is 3.36. The lowest BCUT2D eigenvalue weighted by atomic mass is 10.1. The van der Waals surface area contributed by atoms with Crippen molar-refractivity contribution in [3.8, 4) is 0 Å². The van der Waals surface area contributed by atoms with Gasteiger partial charge in [0.25, 0.3) is 0 Å². The largest absolute Gasteiger partial charge is 0.496 e. The van der Waals surface area contributed by atoms with Gasteiger partial charge in [-0.25, -0.2) is 0 Å². The molecule has 0 aromatic carbocycles. The van der Waals surface area contributed by atoms with E-state index < -0.39 is 0 Å². The quantitative estimate of drug-likeness (QED) is 0.531. The van der Waals surface area contributed by atoms with Gasteiger partial charge in [-0.05, 0) is 19.8 Å². The first-order valence-corrected chi connectivity index (χ1v) is 3.36. The van der Waals surface area contributed by atoms with E-state index in [0.717, 1.165) is 5.76 Å². The van der Waals surface area contributed by atoms with Crippen LogP contribution in [0.1, 0.15) is 27.7 Å². The minimum atomic E-state index is 0.294.